The summed E-state index contributed by atoms with van der Waals surface area (Å²) in [7, 11) is 0. The minimum Gasteiger partial charge on any atom is -0.464 e. The summed E-state index contributed by atoms with van der Waals surface area (Å²) in [5.74, 6) is -0.0819. The van der Waals surface area contributed by atoms with Gasteiger partial charge < -0.3 is 9.84 Å². The van der Waals surface area contributed by atoms with E-state index in [0.29, 0.717) is 5.75 Å². The van der Waals surface area contributed by atoms with Gasteiger partial charge in [-0.15, -0.1) is 0 Å². The standard InChI is InChI=1S/C8H14O4S/c1-3-12-8(11)6(9)5-7(10)13-4-2/h6,9H,3-5H2,1-2H3. The Morgan fingerprint density at radius 1 is 1.46 bits per heavy atom. The van der Waals surface area contributed by atoms with Crippen LogP contribution in [0.2, 0.25) is 0 Å². The van der Waals surface area contributed by atoms with Gasteiger partial charge in [0, 0.05) is 0 Å². The summed E-state index contributed by atoms with van der Waals surface area (Å²) in [4.78, 5) is 21.8. The number of esters is 1. The van der Waals surface area contributed by atoms with Crippen molar-refractivity contribution < 1.29 is 19.4 Å². The summed E-state index contributed by atoms with van der Waals surface area (Å²) < 4.78 is 4.53. The summed E-state index contributed by atoms with van der Waals surface area (Å²) in [5.41, 5.74) is 0. The molecule has 0 aliphatic heterocycles. The molecule has 4 nitrogen and oxygen atoms in total. The highest BCUT2D eigenvalue weighted by Crippen LogP contribution is 2.07. The van der Waals surface area contributed by atoms with Crippen LogP contribution in [0.3, 0.4) is 0 Å². The summed E-state index contributed by atoms with van der Waals surface area (Å²) in [6, 6.07) is 0. The Hall–Kier alpha value is -0.550. The second kappa shape index (κ2) is 6.91. The molecule has 0 fully saturated rings. The lowest BCUT2D eigenvalue weighted by Gasteiger charge is -2.07. The maximum atomic E-state index is 11.0. The van der Waals surface area contributed by atoms with Gasteiger partial charge in [0.05, 0.1) is 13.0 Å². The van der Waals surface area contributed by atoms with Crippen LogP contribution in [-0.4, -0.2) is 34.7 Å². The molecule has 0 spiro atoms. The van der Waals surface area contributed by atoms with E-state index in [1.54, 1.807) is 6.92 Å². The lowest BCUT2D eigenvalue weighted by molar-refractivity contribution is -0.154. The molecule has 76 valence electrons. The molecule has 0 amide bonds. The zero-order valence-corrected chi connectivity index (χ0v) is 8.60. The Morgan fingerprint density at radius 2 is 2.08 bits per heavy atom. The van der Waals surface area contributed by atoms with Gasteiger partial charge in [0.1, 0.15) is 0 Å². The van der Waals surface area contributed by atoms with Gasteiger partial charge in [-0.3, -0.25) is 4.79 Å². The van der Waals surface area contributed by atoms with E-state index < -0.39 is 12.1 Å². The molecule has 0 aliphatic rings. The molecule has 1 atom stereocenters. The highest BCUT2D eigenvalue weighted by Gasteiger charge is 2.19. The van der Waals surface area contributed by atoms with E-state index in [0.717, 1.165) is 11.8 Å². The predicted molar refractivity (Wildman–Crippen MR) is 50.4 cm³/mol. The van der Waals surface area contributed by atoms with Gasteiger partial charge in [0.25, 0.3) is 0 Å². The first-order valence-corrected chi connectivity index (χ1v) is 5.10. The van der Waals surface area contributed by atoms with Gasteiger partial charge >= 0.3 is 5.97 Å². The van der Waals surface area contributed by atoms with Crippen LogP contribution in [0.5, 0.6) is 0 Å². The Kier molecular flexibility index (Phi) is 6.62. The zero-order valence-electron chi connectivity index (χ0n) is 7.78. The topological polar surface area (TPSA) is 63.6 Å². The number of hydrogen-bond donors (Lipinski definition) is 1. The van der Waals surface area contributed by atoms with Gasteiger partial charge in [-0.1, -0.05) is 18.7 Å². The van der Waals surface area contributed by atoms with Crippen molar-refractivity contribution in [3.05, 3.63) is 0 Å². The Balaban J connectivity index is 3.78. The first kappa shape index (κ1) is 12.4. The third-order valence-electron chi connectivity index (χ3n) is 1.22. The average molecular weight is 206 g/mol. The predicted octanol–water partition coefficient (Wildman–Crippen LogP) is 0.580. The fourth-order valence-electron chi connectivity index (χ4n) is 0.700. The van der Waals surface area contributed by atoms with Gasteiger partial charge in [0.15, 0.2) is 11.2 Å². The van der Waals surface area contributed by atoms with Crippen molar-refractivity contribution in [3.8, 4) is 0 Å². The van der Waals surface area contributed by atoms with Crippen LogP contribution in [0.4, 0.5) is 0 Å². The van der Waals surface area contributed by atoms with Gasteiger partial charge in [-0.2, -0.15) is 0 Å². The summed E-state index contributed by atoms with van der Waals surface area (Å²) in [5, 5.41) is 8.95. The minimum absolute atomic E-state index is 0.169. The summed E-state index contributed by atoms with van der Waals surface area (Å²) in [6.45, 7) is 3.69. The molecule has 0 bridgehead atoms. The van der Waals surface area contributed by atoms with Crippen molar-refractivity contribution in [1.82, 2.24) is 0 Å². The maximum Gasteiger partial charge on any atom is 0.335 e. The summed E-state index contributed by atoms with van der Waals surface area (Å²) in [6.07, 6.45) is -1.48. The van der Waals surface area contributed by atoms with Crippen molar-refractivity contribution in [3.63, 3.8) is 0 Å². The normalized spacial score (nSPS) is 12.2. The fraction of sp³-hybridized carbons (Fsp3) is 0.750. The number of carbonyl (C=O) groups excluding carboxylic acids is 2. The highest BCUT2D eigenvalue weighted by molar-refractivity contribution is 8.13. The lowest BCUT2D eigenvalue weighted by atomic mass is 10.3. The van der Waals surface area contributed by atoms with Crippen molar-refractivity contribution >= 4 is 22.8 Å². The van der Waals surface area contributed by atoms with Crippen molar-refractivity contribution in [2.75, 3.05) is 12.4 Å². The van der Waals surface area contributed by atoms with Crippen LogP contribution in [0, 0.1) is 0 Å². The second-order valence-electron chi connectivity index (χ2n) is 2.28. The number of thioether (sulfide) groups is 1. The van der Waals surface area contributed by atoms with Crippen molar-refractivity contribution in [1.29, 1.82) is 0 Å². The minimum atomic E-state index is -1.31. The SMILES string of the molecule is CCOC(=O)C(O)CC(=O)SCC. The van der Waals surface area contributed by atoms with Gasteiger partial charge in [-0.05, 0) is 12.7 Å². The highest BCUT2D eigenvalue weighted by atomic mass is 32.2. The molecule has 0 rings (SSSR count). The Bertz CT molecular complexity index is 181. The van der Waals surface area contributed by atoms with Crippen LogP contribution in [0.1, 0.15) is 20.3 Å². The lowest BCUT2D eigenvalue weighted by Crippen LogP contribution is -2.25. The number of aliphatic hydroxyl groups excluding tert-OH is 1. The first-order valence-electron chi connectivity index (χ1n) is 4.12. The number of hydrogen-bond acceptors (Lipinski definition) is 5. The number of aliphatic hydroxyl groups is 1. The van der Waals surface area contributed by atoms with Crippen LogP contribution in [0.25, 0.3) is 0 Å². The summed E-state index contributed by atoms with van der Waals surface area (Å²) >= 11 is 1.09. The van der Waals surface area contributed by atoms with Crippen LogP contribution in [0.15, 0.2) is 0 Å². The Labute approximate surface area is 81.6 Å². The molecule has 13 heavy (non-hydrogen) atoms. The molecule has 0 aliphatic carbocycles. The van der Waals surface area contributed by atoms with E-state index in [-0.39, 0.29) is 18.1 Å². The molecule has 0 radical (unpaired) electrons. The molecule has 0 saturated carbocycles. The van der Waals surface area contributed by atoms with Crippen LogP contribution in [-0.2, 0) is 14.3 Å². The first-order chi connectivity index (χ1) is 6.11. The van der Waals surface area contributed by atoms with Crippen LogP contribution >= 0.6 is 11.8 Å². The van der Waals surface area contributed by atoms with E-state index in [9.17, 15) is 9.59 Å². The van der Waals surface area contributed by atoms with Crippen molar-refractivity contribution in [2.24, 2.45) is 0 Å². The molecule has 0 heterocycles. The Morgan fingerprint density at radius 3 is 2.54 bits per heavy atom. The van der Waals surface area contributed by atoms with E-state index in [2.05, 4.69) is 4.74 Å². The van der Waals surface area contributed by atoms with Gasteiger partial charge in [0.2, 0.25) is 0 Å². The average Bonchev–Trinajstić information content (AvgIpc) is 2.05. The smallest absolute Gasteiger partial charge is 0.335 e. The van der Waals surface area contributed by atoms with E-state index in [1.807, 2.05) is 6.92 Å². The molecular weight excluding hydrogens is 192 g/mol. The van der Waals surface area contributed by atoms with Crippen LogP contribution < -0.4 is 0 Å². The third-order valence-corrected chi connectivity index (χ3v) is 2.00. The maximum absolute atomic E-state index is 11.0. The number of rotatable bonds is 5. The molecule has 0 aromatic heterocycles. The second-order valence-corrected chi connectivity index (χ2v) is 3.60. The third kappa shape index (κ3) is 5.65. The molecule has 5 heteroatoms. The number of carbonyl (C=O) groups is 2. The zero-order chi connectivity index (χ0) is 10.3. The fourth-order valence-corrected chi connectivity index (χ4v) is 1.30. The van der Waals surface area contributed by atoms with Gasteiger partial charge in [-0.25, -0.2) is 4.79 Å². The number of ether oxygens (including phenoxy) is 1. The quantitative estimate of drug-likeness (QED) is 0.667. The monoisotopic (exact) mass is 206 g/mol. The molecule has 1 unspecified atom stereocenters. The molecular formula is C8H14O4S. The van der Waals surface area contributed by atoms with E-state index >= 15 is 0 Å². The molecule has 0 saturated heterocycles. The van der Waals surface area contributed by atoms with E-state index in [4.69, 9.17) is 5.11 Å². The molecule has 0 aromatic carbocycles. The molecule has 0 aromatic rings. The van der Waals surface area contributed by atoms with Crippen molar-refractivity contribution in [2.45, 2.75) is 26.4 Å². The molecule has 1 N–H and O–H groups in total. The van der Waals surface area contributed by atoms with E-state index in [1.165, 1.54) is 0 Å². The largest absolute Gasteiger partial charge is 0.464 e.